The quantitative estimate of drug-likeness (QED) is 0.425. The second-order valence-corrected chi connectivity index (χ2v) is 9.08. The maximum Gasteiger partial charge on any atom is 0.322 e. The van der Waals surface area contributed by atoms with Crippen molar-refractivity contribution in [3.8, 4) is 5.75 Å². The number of carbonyl (C=O) groups is 2. The van der Waals surface area contributed by atoms with Gasteiger partial charge in [0, 0.05) is 11.8 Å². The van der Waals surface area contributed by atoms with Gasteiger partial charge in [0.1, 0.15) is 16.6 Å². The van der Waals surface area contributed by atoms with Crippen LogP contribution < -0.4 is 4.74 Å². The van der Waals surface area contributed by atoms with Gasteiger partial charge in [-0.25, -0.2) is 0 Å². The molecule has 6 aliphatic carbocycles. The molecule has 2 aromatic carbocycles. The highest BCUT2D eigenvalue weighted by molar-refractivity contribution is 6.07. The Hall–Kier alpha value is -2.88. The van der Waals surface area contributed by atoms with Crippen LogP contribution in [0.25, 0.3) is 0 Å². The molecular formula is C25H20O4. The maximum atomic E-state index is 13.6. The van der Waals surface area contributed by atoms with Crippen molar-refractivity contribution in [1.29, 1.82) is 0 Å². The molecule has 1 saturated carbocycles. The Morgan fingerprint density at radius 2 is 1.38 bits per heavy atom. The Morgan fingerprint density at radius 1 is 0.828 bits per heavy atom. The number of fused-ring (bicyclic) bond motifs is 1. The largest absolute Gasteiger partial charge is 0.497 e. The van der Waals surface area contributed by atoms with Crippen LogP contribution in [0.2, 0.25) is 0 Å². The Morgan fingerprint density at radius 3 is 1.93 bits per heavy atom. The van der Waals surface area contributed by atoms with Crippen LogP contribution in [0.15, 0.2) is 54.6 Å². The SMILES string of the molecule is COc1ccc2c(c1)[C@@H]1c3ccccc3[C@H]2[C@@]23C(=O)OC(=O)[C@]12[C@H]1C=C[C@@H]3CC1. The highest BCUT2D eigenvalue weighted by Gasteiger charge is 2.84. The van der Waals surface area contributed by atoms with Gasteiger partial charge in [-0.05, 0) is 59.1 Å². The standard InChI is InChI=1S/C25H20O4/c1-28-15-10-11-18-19(12-15)21-17-5-3-2-4-16(17)20(18)24-13-6-8-14(9-7-13)25(21,24)23(27)29-22(24)26/h2-6,8,10-14,20-21H,7,9H2,1H3/t13-,14+,20-,21+,24+,25+/m1/s1. The van der Waals surface area contributed by atoms with Gasteiger partial charge in [-0.1, -0.05) is 42.5 Å². The maximum absolute atomic E-state index is 13.6. The molecule has 0 amide bonds. The van der Waals surface area contributed by atoms with E-state index in [9.17, 15) is 9.59 Å². The first kappa shape index (κ1) is 16.0. The molecule has 4 nitrogen and oxygen atoms in total. The zero-order valence-corrected chi connectivity index (χ0v) is 16.1. The van der Waals surface area contributed by atoms with E-state index < -0.39 is 10.8 Å². The van der Waals surface area contributed by atoms with Gasteiger partial charge in [-0.2, -0.15) is 0 Å². The Bertz CT molecular complexity index is 1160. The number of benzene rings is 2. The van der Waals surface area contributed by atoms with Crippen molar-refractivity contribution in [1.82, 2.24) is 0 Å². The van der Waals surface area contributed by atoms with E-state index in [1.807, 2.05) is 18.2 Å². The fourth-order valence-corrected chi connectivity index (χ4v) is 7.77. The van der Waals surface area contributed by atoms with Gasteiger partial charge in [-0.15, -0.1) is 0 Å². The number of cyclic esters (lactones) is 2. The van der Waals surface area contributed by atoms with Crippen molar-refractivity contribution in [2.24, 2.45) is 22.7 Å². The molecule has 0 aromatic heterocycles. The van der Waals surface area contributed by atoms with Gasteiger partial charge in [0.05, 0.1) is 7.11 Å². The number of methoxy groups -OCH3 is 1. The minimum absolute atomic E-state index is 0.0201. The van der Waals surface area contributed by atoms with Gasteiger partial charge >= 0.3 is 11.9 Å². The Balaban J connectivity index is 1.68. The van der Waals surface area contributed by atoms with Gasteiger partial charge in [0.15, 0.2) is 0 Å². The second kappa shape index (κ2) is 4.81. The van der Waals surface area contributed by atoms with E-state index in [2.05, 4.69) is 36.4 Å². The summed E-state index contributed by atoms with van der Waals surface area (Å²) >= 11 is 0. The zero-order chi connectivity index (χ0) is 19.5. The minimum Gasteiger partial charge on any atom is -0.497 e. The summed E-state index contributed by atoms with van der Waals surface area (Å²) in [4.78, 5) is 27.2. The van der Waals surface area contributed by atoms with Crippen LogP contribution in [-0.4, -0.2) is 19.0 Å². The van der Waals surface area contributed by atoms with E-state index in [1.165, 1.54) is 11.1 Å². The molecule has 9 rings (SSSR count). The molecular weight excluding hydrogens is 364 g/mol. The predicted octanol–water partition coefficient (Wildman–Crippen LogP) is 3.94. The summed E-state index contributed by atoms with van der Waals surface area (Å²) in [6.45, 7) is 0. The Kier molecular flexibility index (Phi) is 2.65. The number of hydrogen-bond acceptors (Lipinski definition) is 4. The lowest BCUT2D eigenvalue weighted by molar-refractivity contribution is -0.161. The summed E-state index contributed by atoms with van der Waals surface area (Å²) in [5, 5.41) is 0. The van der Waals surface area contributed by atoms with Crippen LogP contribution >= 0.6 is 0 Å². The lowest BCUT2D eigenvalue weighted by atomic mass is 9.32. The summed E-state index contributed by atoms with van der Waals surface area (Å²) in [6, 6.07) is 14.5. The monoisotopic (exact) mass is 384 g/mol. The van der Waals surface area contributed by atoms with E-state index in [-0.39, 0.29) is 35.6 Å². The molecule has 1 saturated heterocycles. The van der Waals surface area contributed by atoms with Crippen molar-refractivity contribution < 1.29 is 19.1 Å². The third kappa shape index (κ3) is 1.39. The number of hydrogen-bond donors (Lipinski definition) is 0. The number of esters is 2. The molecule has 4 bridgehead atoms. The zero-order valence-electron chi connectivity index (χ0n) is 16.1. The molecule has 2 fully saturated rings. The summed E-state index contributed by atoms with van der Waals surface area (Å²) in [7, 11) is 1.66. The molecule has 4 heteroatoms. The summed E-state index contributed by atoms with van der Waals surface area (Å²) < 4.78 is 11.1. The lowest BCUT2D eigenvalue weighted by Gasteiger charge is -2.66. The minimum atomic E-state index is -0.847. The molecule has 0 spiro atoms. The van der Waals surface area contributed by atoms with Gasteiger partial charge in [0.25, 0.3) is 0 Å². The van der Waals surface area contributed by atoms with Crippen LogP contribution in [0.5, 0.6) is 5.75 Å². The summed E-state index contributed by atoms with van der Waals surface area (Å²) in [5.41, 5.74) is 2.94. The van der Waals surface area contributed by atoms with Crippen LogP contribution in [0.3, 0.4) is 0 Å². The molecule has 7 aliphatic rings. The van der Waals surface area contributed by atoms with E-state index in [4.69, 9.17) is 9.47 Å². The van der Waals surface area contributed by atoms with E-state index in [1.54, 1.807) is 7.11 Å². The molecule has 0 radical (unpaired) electrons. The van der Waals surface area contributed by atoms with Gasteiger partial charge in [-0.3, -0.25) is 9.59 Å². The van der Waals surface area contributed by atoms with Gasteiger partial charge in [0.2, 0.25) is 0 Å². The smallest absolute Gasteiger partial charge is 0.322 e. The van der Waals surface area contributed by atoms with E-state index in [0.717, 1.165) is 29.7 Å². The van der Waals surface area contributed by atoms with Crippen molar-refractivity contribution >= 4 is 11.9 Å². The van der Waals surface area contributed by atoms with Crippen molar-refractivity contribution in [3.63, 3.8) is 0 Å². The fraction of sp³-hybridized carbons (Fsp3) is 0.360. The molecule has 0 unspecified atom stereocenters. The average Bonchev–Trinajstić information content (AvgIpc) is 3.04. The third-order valence-corrected chi connectivity index (χ3v) is 8.52. The average molecular weight is 384 g/mol. The number of allylic oxidation sites excluding steroid dienone is 2. The first-order valence-electron chi connectivity index (χ1n) is 10.4. The van der Waals surface area contributed by atoms with Crippen molar-refractivity contribution in [2.45, 2.75) is 24.7 Å². The highest BCUT2D eigenvalue weighted by atomic mass is 16.6. The van der Waals surface area contributed by atoms with Crippen molar-refractivity contribution in [2.75, 3.05) is 7.11 Å². The molecule has 6 atom stereocenters. The molecule has 2 aromatic rings. The molecule has 1 aliphatic heterocycles. The second-order valence-electron chi connectivity index (χ2n) is 9.08. The van der Waals surface area contributed by atoms with Crippen LogP contribution in [0.1, 0.15) is 46.9 Å². The van der Waals surface area contributed by atoms with Crippen LogP contribution in [0, 0.1) is 22.7 Å². The number of rotatable bonds is 1. The molecule has 0 N–H and O–H groups in total. The van der Waals surface area contributed by atoms with Crippen molar-refractivity contribution in [3.05, 3.63) is 76.9 Å². The number of ether oxygens (including phenoxy) is 2. The summed E-state index contributed by atoms with van der Waals surface area (Å²) in [5.74, 6) is -0.155. The molecule has 29 heavy (non-hydrogen) atoms. The number of carbonyl (C=O) groups excluding carboxylic acids is 2. The first-order chi connectivity index (χ1) is 14.2. The highest BCUT2D eigenvalue weighted by Crippen LogP contribution is 2.80. The fourth-order valence-electron chi connectivity index (χ4n) is 7.77. The molecule has 144 valence electrons. The third-order valence-electron chi connectivity index (χ3n) is 8.52. The van der Waals surface area contributed by atoms with E-state index >= 15 is 0 Å². The lowest BCUT2D eigenvalue weighted by Crippen LogP contribution is -2.67. The normalized spacial score (nSPS) is 39.5. The van der Waals surface area contributed by atoms with Gasteiger partial charge < -0.3 is 9.47 Å². The summed E-state index contributed by atoms with van der Waals surface area (Å²) in [6.07, 6.45) is 6.24. The Labute approximate surface area is 168 Å². The predicted molar refractivity (Wildman–Crippen MR) is 104 cm³/mol. The van der Waals surface area contributed by atoms with Crippen LogP contribution in [0.4, 0.5) is 0 Å². The first-order valence-corrected chi connectivity index (χ1v) is 10.4. The van der Waals surface area contributed by atoms with Crippen LogP contribution in [-0.2, 0) is 14.3 Å². The molecule has 1 heterocycles. The van der Waals surface area contributed by atoms with E-state index in [0.29, 0.717) is 0 Å². The topological polar surface area (TPSA) is 52.6 Å².